The van der Waals surface area contributed by atoms with E-state index in [4.69, 9.17) is 11.6 Å². The van der Waals surface area contributed by atoms with Gasteiger partial charge in [0.2, 0.25) is 0 Å². The van der Waals surface area contributed by atoms with Crippen molar-refractivity contribution in [2.45, 2.75) is 62.9 Å². The highest BCUT2D eigenvalue weighted by molar-refractivity contribution is 6.30. The third-order valence-electron chi connectivity index (χ3n) is 7.42. The summed E-state index contributed by atoms with van der Waals surface area (Å²) in [6.45, 7) is 6.71. The largest absolute Gasteiger partial charge is 0.389 e. The molecule has 31 heavy (non-hydrogen) atoms. The van der Waals surface area contributed by atoms with Crippen molar-refractivity contribution in [3.63, 3.8) is 0 Å². The Labute approximate surface area is 206 Å². The first-order valence-electron chi connectivity index (χ1n) is 11.7. The van der Waals surface area contributed by atoms with Crippen LogP contribution in [-0.2, 0) is 0 Å². The van der Waals surface area contributed by atoms with E-state index in [0.717, 1.165) is 69.3 Å². The summed E-state index contributed by atoms with van der Waals surface area (Å²) >= 11 is 6.32. The van der Waals surface area contributed by atoms with Gasteiger partial charge < -0.3 is 14.9 Å². The molecule has 1 N–H and O–H groups in total. The SMILES string of the molecule is Cl.Cl.OC1(C(CN2CCN(CC3CC=CCC3)CC2)c2cccc(Cl)c2)CCCCC1. The maximum atomic E-state index is 11.6. The fourth-order valence-corrected chi connectivity index (χ4v) is 5.82. The normalized spacial score (nSPS) is 25.3. The average molecular weight is 490 g/mol. The fraction of sp³-hybridized carbons (Fsp3) is 0.680. The first-order valence-corrected chi connectivity index (χ1v) is 12.1. The molecule has 0 amide bonds. The summed E-state index contributed by atoms with van der Waals surface area (Å²) in [7, 11) is 0. The number of hydrogen-bond donors (Lipinski definition) is 1. The van der Waals surface area contributed by atoms with Gasteiger partial charge in [0.15, 0.2) is 0 Å². The van der Waals surface area contributed by atoms with E-state index in [0.29, 0.717) is 0 Å². The Hall–Kier alpha value is -0.290. The van der Waals surface area contributed by atoms with Gasteiger partial charge in [-0.3, -0.25) is 0 Å². The van der Waals surface area contributed by atoms with Crippen LogP contribution in [0.25, 0.3) is 0 Å². The highest BCUT2D eigenvalue weighted by Crippen LogP contribution is 2.41. The lowest BCUT2D eigenvalue weighted by atomic mass is 9.72. The van der Waals surface area contributed by atoms with Crippen LogP contribution in [0, 0.1) is 5.92 Å². The Balaban J connectivity index is 0.00000171. The second-order valence-electron chi connectivity index (χ2n) is 9.52. The van der Waals surface area contributed by atoms with Gasteiger partial charge in [0, 0.05) is 50.2 Å². The lowest BCUT2D eigenvalue weighted by Crippen LogP contribution is -2.51. The van der Waals surface area contributed by atoms with Crippen LogP contribution in [0.5, 0.6) is 0 Å². The maximum absolute atomic E-state index is 11.6. The molecule has 0 radical (unpaired) electrons. The molecule has 2 atom stereocenters. The quantitative estimate of drug-likeness (QED) is 0.501. The van der Waals surface area contributed by atoms with Crippen molar-refractivity contribution in [3.05, 3.63) is 47.0 Å². The summed E-state index contributed by atoms with van der Waals surface area (Å²) < 4.78 is 0. The van der Waals surface area contributed by atoms with Crippen LogP contribution >= 0.6 is 36.4 Å². The number of halogens is 3. The summed E-state index contributed by atoms with van der Waals surface area (Å²) in [6, 6.07) is 8.21. The zero-order valence-corrected chi connectivity index (χ0v) is 20.9. The number of hydrogen-bond acceptors (Lipinski definition) is 3. The van der Waals surface area contributed by atoms with E-state index in [9.17, 15) is 5.11 Å². The molecule has 1 aromatic carbocycles. The van der Waals surface area contributed by atoms with E-state index in [-0.39, 0.29) is 30.7 Å². The molecule has 1 aromatic rings. The molecule has 1 saturated carbocycles. The van der Waals surface area contributed by atoms with Gasteiger partial charge in [-0.25, -0.2) is 0 Å². The zero-order chi connectivity index (χ0) is 20.1. The number of benzene rings is 1. The molecule has 4 rings (SSSR count). The number of aliphatic hydroxyl groups is 1. The van der Waals surface area contributed by atoms with Crippen LogP contribution in [0.1, 0.15) is 62.8 Å². The first-order chi connectivity index (χ1) is 14.1. The molecule has 176 valence electrons. The zero-order valence-electron chi connectivity index (χ0n) is 18.6. The van der Waals surface area contributed by atoms with Crippen LogP contribution < -0.4 is 0 Å². The number of allylic oxidation sites excluding steroid dienone is 2. The molecular weight excluding hydrogens is 451 g/mol. The second-order valence-corrected chi connectivity index (χ2v) is 9.96. The molecule has 2 fully saturated rings. The van der Waals surface area contributed by atoms with E-state index in [1.54, 1.807) is 0 Å². The maximum Gasteiger partial charge on any atom is 0.0728 e. The number of rotatable bonds is 6. The molecule has 0 bridgehead atoms. The summed E-state index contributed by atoms with van der Waals surface area (Å²) in [6.07, 6.45) is 13.9. The van der Waals surface area contributed by atoms with Gasteiger partial charge in [-0.05, 0) is 55.7 Å². The van der Waals surface area contributed by atoms with Gasteiger partial charge in [0.1, 0.15) is 0 Å². The van der Waals surface area contributed by atoms with Gasteiger partial charge in [0.05, 0.1) is 5.60 Å². The Kier molecular flexibility index (Phi) is 11.1. The van der Waals surface area contributed by atoms with Gasteiger partial charge in [-0.2, -0.15) is 0 Å². The van der Waals surface area contributed by atoms with E-state index in [1.807, 2.05) is 12.1 Å². The molecule has 1 saturated heterocycles. The molecule has 2 unspecified atom stereocenters. The van der Waals surface area contributed by atoms with Crippen molar-refractivity contribution in [2.75, 3.05) is 39.3 Å². The Morgan fingerprint density at radius 1 is 1.00 bits per heavy atom. The predicted molar refractivity (Wildman–Crippen MR) is 136 cm³/mol. The third-order valence-corrected chi connectivity index (χ3v) is 7.65. The summed E-state index contributed by atoms with van der Waals surface area (Å²) in [5.41, 5.74) is 0.618. The van der Waals surface area contributed by atoms with Crippen LogP contribution in [-0.4, -0.2) is 59.8 Å². The molecule has 6 heteroatoms. The molecule has 3 nitrogen and oxygen atoms in total. The standard InChI is InChI=1S/C25H37ClN2O.2ClH/c26-23-11-7-10-22(18-23)24(25(29)12-5-2-6-13-25)20-28-16-14-27(15-17-28)19-21-8-3-1-4-9-21;;/h1,3,7,10-11,18,21,24,29H,2,4-6,8-9,12-17,19-20H2;2*1H. The molecule has 0 spiro atoms. The first kappa shape index (κ1) is 27.0. The van der Waals surface area contributed by atoms with Gasteiger partial charge >= 0.3 is 0 Å². The number of piperazine rings is 1. The fourth-order valence-electron chi connectivity index (χ4n) is 5.62. The van der Waals surface area contributed by atoms with Crippen molar-refractivity contribution < 1.29 is 5.11 Å². The van der Waals surface area contributed by atoms with Crippen molar-refractivity contribution in [1.29, 1.82) is 0 Å². The molecule has 1 aliphatic heterocycles. The molecular formula is C25H39Cl3N2O. The number of nitrogens with zero attached hydrogens (tertiary/aromatic N) is 2. The molecule has 3 aliphatic rings. The van der Waals surface area contributed by atoms with E-state index in [2.05, 4.69) is 34.1 Å². The minimum absolute atomic E-state index is 0. The summed E-state index contributed by atoms with van der Waals surface area (Å²) in [5.74, 6) is 0.991. The van der Waals surface area contributed by atoms with E-state index in [1.165, 1.54) is 37.8 Å². The van der Waals surface area contributed by atoms with Crippen LogP contribution in [0.4, 0.5) is 0 Å². The van der Waals surface area contributed by atoms with Gasteiger partial charge in [0.25, 0.3) is 0 Å². The minimum atomic E-state index is -0.589. The molecule has 0 aromatic heterocycles. The van der Waals surface area contributed by atoms with Gasteiger partial charge in [-0.1, -0.05) is 55.1 Å². The van der Waals surface area contributed by atoms with Crippen molar-refractivity contribution >= 4 is 36.4 Å². The Bertz CT molecular complexity index is 685. The third kappa shape index (κ3) is 7.35. The minimum Gasteiger partial charge on any atom is -0.389 e. The average Bonchev–Trinajstić information content (AvgIpc) is 2.74. The molecule has 1 heterocycles. The van der Waals surface area contributed by atoms with Crippen molar-refractivity contribution in [1.82, 2.24) is 9.80 Å². The van der Waals surface area contributed by atoms with Crippen LogP contribution in [0.3, 0.4) is 0 Å². The van der Waals surface area contributed by atoms with Gasteiger partial charge in [-0.15, -0.1) is 24.8 Å². The van der Waals surface area contributed by atoms with E-state index < -0.39 is 5.60 Å². The summed E-state index contributed by atoms with van der Waals surface area (Å²) in [5, 5.41) is 12.4. The topological polar surface area (TPSA) is 26.7 Å². The van der Waals surface area contributed by atoms with E-state index >= 15 is 0 Å². The Morgan fingerprint density at radius 3 is 2.35 bits per heavy atom. The summed E-state index contributed by atoms with van der Waals surface area (Å²) in [4.78, 5) is 5.24. The highest BCUT2D eigenvalue weighted by Gasteiger charge is 2.40. The highest BCUT2D eigenvalue weighted by atomic mass is 35.5. The monoisotopic (exact) mass is 488 g/mol. The Morgan fingerprint density at radius 2 is 1.71 bits per heavy atom. The van der Waals surface area contributed by atoms with Crippen LogP contribution in [0.2, 0.25) is 5.02 Å². The lowest BCUT2D eigenvalue weighted by molar-refractivity contribution is -0.0345. The van der Waals surface area contributed by atoms with Crippen molar-refractivity contribution in [2.24, 2.45) is 5.92 Å². The van der Waals surface area contributed by atoms with Crippen LogP contribution in [0.15, 0.2) is 36.4 Å². The molecule has 2 aliphatic carbocycles. The second kappa shape index (κ2) is 12.8. The smallest absolute Gasteiger partial charge is 0.0728 e. The lowest BCUT2D eigenvalue weighted by Gasteiger charge is -2.44. The predicted octanol–water partition coefficient (Wildman–Crippen LogP) is 5.94. The van der Waals surface area contributed by atoms with Crippen molar-refractivity contribution in [3.8, 4) is 0 Å².